The molecule has 0 aromatic carbocycles. The summed E-state index contributed by atoms with van der Waals surface area (Å²) >= 11 is 0. The molecule has 1 aromatic rings. The van der Waals surface area contributed by atoms with Crippen molar-refractivity contribution in [3.63, 3.8) is 0 Å². The maximum absolute atomic E-state index is 12.2. The Morgan fingerprint density at radius 3 is 2.62 bits per heavy atom. The molecule has 1 aromatic heterocycles. The number of nitrogens with one attached hydrogen (secondary N) is 3. The Morgan fingerprint density at radius 1 is 1.35 bits per heavy atom. The van der Waals surface area contributed by atoms with E-state index < -0.39 is 28.9 Å². The number of furan rings is 1. The van der Waals surface area contributed by atoms with E-state index in [2.05, 4.69) is 16.0 Å². The third-order valence-electron chi connectivity index (χ3n) is 4.90. The number of hydrogen-bond donors (Lipinski definition) is 4. The van der Waals surface area contributed by atoms with Gasteiger partial charge in [0.2, 0.25) is 5.91 Å². The van der Waals surface area contributed by atoms with E-state index in [1.807, 2.05) is 6.92 Å². The van der Waals surface area contributed by atoms with Crippen molar-refractivity contribution >= 4 is 17.9 Å². The minimum atomic E-state index is -1.42. The van der Waals surface area contributed by atoms with Crippen molar-refractivity contribution < 1.29 is 28.6 Å². The first-order valence-electron chi connectivity index (χ1n) is 8.43. The molecule has 9 nitrogen and oxygen atoms in total. The van der Waals surface area contributed by atoms with E-state index in [1.54, 1.807) is 26.0 Å². The Morgan fingerprint density at radius 2 is 2.08 bits per heavy atom. The molecule has 0 saturated heterocycles. The van der Waals surface area contributed by atoms with Crippen molar-refractivity contribution in [3.8, 4) is 0 Å². The minimum Gasteiger partial charge on any atom is -0.479 e. The van der Waals surface area contributed by atoms with Gasteiger partial charge in [0.15, 0.2) is 0 Å². The zero-order valence-corrected chi connectivity index (χ0v) is 15.1. The van der Waals surface area contributed by atoms with Crippen LogP contribution in [0.15, 0.2) is 22.8 Å². The summed E-state index contributed by atoms with van der Waals surface area (Å²) in [5.74, 6) is -1.12. The number of ether oxygens (including phenoxy) is 1. The van der Waals surface area contributed by atoms with Crippen LogP contribution in [0.2, 0.25) is 0 Å². The van der Waals surface area contributed by atoms with Crippen LogP contribution in [0.1, 0.15) is 33.0 Å². The Kier molecular flexibility index (Phi) is 5.91. The van der Waals surface area contributed by atoms with Crippen LogP contribution in [0, 0.1) is 5.41 Å². The molecule has 0 spiro atoms. The van der Waals surface area contributed by atoms with Crippen molar-refractivity contribution in [1.82, 2.24) is 16.0 Å². The van der Waals surface area contributed by atoms with E-state index >= 15 is 0 Å². The number of amides is 3. The lowest BCUT2D eigenvalue weighted by atomic mass is 9.54. The summed E-state index contributed by atoms with van der Waals surface area (Å²) in [6, 6.07) is 2.85. The number of carboxylic acids is 1. The normalized spacial score (nSPS) is 23.6. The number of rotatable bonds is 8. The zero-order chi connectivity index (χ0) is 19.4. The fourth-order valence-electron chi connectivity index (χ4n) is 3.12. The maximum Gasteiger partial charge on any atom is 0.330 e. The largest absolute Gasteiger partial charge is 0.479 e. The van der Waals surface area contributed by atoms with Crippen LogP contribution in [0.4, 0.5) is 4.79 Å². The molecule has 1 saturated carbocycles. The molecular weight excluding hydrogens is 342 g/mol. The van der Waals surface area contributed by atoms with Crippen LogP contribution < -0.4 is 16.0 Å². The van der Waals surface area contributed by atoms with E-state index in [4.69, 9.17) is 9.15 Å². The van der Waals surface area contributed by atoms with E-state index in [0.29, 0.717) is 12.4 Å². The lowest BCUT2D eigenvalue weighted by Crippen LogP contribution is -2.76. The molecule has 3 amide bonds. The Bertz CT molecular complexity index is 657. The minimum absolute atomic E-state index is 0.180. The second kappa shape index (κ2) is 7.77. The van der Waals surface area contributed by atoms with Crippen LogP contribution in [0.3, 0.4) is 0 Å². The van der Waals surface area contributed by atoms with Crippen LogP contribution in [0.25, 0.3) is 0 Å². The van der Waals surface area contributed by atoms with Crippen molar-refractivity contribution in [2.24, 2.45) is 5.41 Å². The summed E-state index contributed by atoms with van der Waals surface area (Å²) in [4.78, 5) is 35.7. The first kappa shape index (κ1) is 19.8. The third kappa shape index (κ3) is 3.82. The van der Waals surface area contributed by atoms with E-state index in [1.165, 1.54) is 6.26 Å². The summed E-state index contributed by atoms with van der Waals surface area (Å²) in [6.45, 7) is 5.64. The number of hydrogen-bond acceptors (Lipinski definition) is 5. The summed E-state index contributed by atoms with van der Waals surface area (Å²) in [5.41, 5.74) is -2.19. The van der Waals surface area contributed by atoms with Crippen molar-refractivity contribution in [1.29, 1.82) is 0 Å². The average molecular weight is 367 g/mol. The van der Waals surface area contributed by atoms with Gasteiger partial charge >= 0.3 is 12.0 Å². The molecule has 0 bridgehead atoms. The second-order valence-corrected chi connectivity index (χ2v) is 6.74. The van der Waals surface area contributed by atoms with Crippen molar-refractivity contribution in [2.75, 3.05) is 13.2 Å². The molecule has 1 fully saturated rings. The lowest BCUT2D eigenvalue weighted by molar-refractivity contribution is -0.194. The highest BCUT2D eigenvalue weighted by Crippen LogP contribution is 2.51. The van der Waals surface area contributed by atoms with E-state index in [-0.39, 0.29) is 25.6 Å². The topological polar surface area (TPSA) is 130 Å². The number of urea groups is 1. The molecule has 1 heterocycles. The fourth-order valence-corrected chi connectivity index (χ4v) is 3.12. The van der Waals surface area contributed by atoms with E-state index in [0.717, 1.165) is 0 Å². The quantitative estimate of drug-likeness (QED) is 0.539. The standard InChI is InChI=1S/C17H25N3O6/c1-4-25-12-8-17(14(22)23,16(12,2)3)20-13(21)10-19-15(24)18-9-11-6-5-7-26-11/h5-7,12H,4,8-10H2,1-3H3,(H,20,21)(H,22,23)(H2,18,19,24). The number of carbonyl (C=O) groups excluding carboxylic acids is 2. The molecule has 4 N–H and O–H groups in total. The van der Waals surface area contributed by atoms with Gasteiger partial charge in [-0.3, -0.25) is 4.79 Å². The highest BCUT2D eigenvalue weighted by Gasteiger charge is 2.66. The van der Waals surface area contributed by atoms with Gasteiger partial charge in [-0.2, -0.15) is 0 Å². The Balaban J connectivity index is 1.85. The van der Waals surface area contributed by atoms with Gasteiger partial charge in [-0.25, -0.2) is 9.59 Å². The third-order valence-corrected chi connectivity index (χ3v) is 4.90. The molecule has 2 atom stereocenters. The smallest absolute Gasteiger partial charge is 0.330 e. The summed E-state index contributed by atoms with van der Waals surface area (Å²) in [6.07, 6.45) is 1.41. The van der Waals surface area contributed by atoms with Gasteiger partial charge in [0, 0.05) is 18.4 Å². The SMILES string of the molecule is CCOC1CC(NC(=O)CNC(=O)NCc2ccco2)(C(=O)O)C1(C)C. The van der Waals surface area contributed by atoms with E-state index in [9.17, 15) is 19.5 Å². The molecule has 2 rings (SSSR count). The monoisotopic (exact) mass is 367 g/mol. The highest BCUT2D eigenvalue weighted by molar-refractivity contribution is 5.91. The lowest BCUT2D eigenvalue weighted by Gasteiger charge is -2.58. The molecule has 1 aliphatic rings. The highest BCUT2D eigenvalue weighted by atomic mass is 16.5. The van der Waals surface area contributed by atoms with Gasteiger partial charge in [0.25, 0.3) is 0 Å². The molecule has 2 unspecified atom stereocenters. The number of carbonyl (C=O) groups is 3. The van der Waals surface area contributed by atoms with Crippen LogP contribution in [0.5, 0.6) is 0 Å². The second-order valence-electron chi connectivity index (χ2n) is 6.74. The summed E-state index contributed by atoms with van der Waals surface area (Å²) < 4.78 is 10.6. The molecule has 26 heavy (non-hydrogen) atoms. The van der Waals surface area contributed by atoms with Gasteiger partial charge in [0.05, 0.1) is 25.5 Å². The van der Waals surface area contributed by atoms with Crippen LogP contribution in [-0.2, 0) is 20.9 Å². The van der Waals surface area contributed by atoms with Gasteiger partial charge < -0.3 is 30.2 Å². The van der Waals surface area contributed by atoms with Gasteiger partial charge in [0.1, 0.15) is 11.3 Å². The molecular formula is C17H25N3O6. The van der Waals surface area contributed by atoms with Crippen molar-refractivity contribution in [3.05, 3.63) is 24.2 Å². The van der Waals surface area contributed by atoms with Crippen LogP contribution in [-0.4, -0.2) is 47.8 Å². The number of carboxylic acid groups (broad SMARTS) is 1. The Labute approximate surface area is 151 Å². The maximum atomic E-state index is 12.2. The Hall–Kier alpha value is -2.55. The average Bonchev–Trinajstić information content (AvgIpc) is 3.10. The van der Waals surface area contributed by atoms with Crippen LogP contribution >= 0.6 is 0 Å². The first-order chi connectivity index (χ1) is 12.2. The summed E-state index contributed by atoms with van der Waals surface area (Å²) in [5, 5.41) is 17.1. The fraction of sp³-hybridized carbons (Fsp3) is 0.588. The molecule has 9 heteroatoms. The van der Waals surface area contributed by atoms with Gasteiger partial charge in [-0.05, 0) is 19.1 Å². The van der Waals surface area contributed by atoms with Gasteiger partial charge in [-0.15, -0.1) is 0 Å². The predicted octanol–water partition coefficient (Wildman–Crippen LogP) is 0.853. The first-order valence-corrected chi connectivity index (χ1v) is 8.43. The van der Waals surface area contributed by atoms with Crippen molar-refractivity contribution in [2.45, 2.75) is 45.4 Å². The predicted molar refractivity (Wildman–Crippen MR) is 91.3 cm³/mol. The number of aliphatic carboxylic acids is 1. The molecule has 1 aliphatic carbocycles. The summed E-state index contributed by atoms with van der Waals surface area (Å²) in [7, 11) is 0. The van der Waals surface area contributed by atoms with Gasteiger partial charge in [-0.1, -0.05) is 13.8 Å². The molecule has 0 aliphatic heterocycles. The molecule has 0 radical (unpaired) electrons. The molecule has 144 valence electrons. The zero-order valence-electron chi connectivity index (χ0n) is 15.1.